The van der Waals surface area contributed by atoms with E-state index < -0.39 is 35.1 Å². The first-order valence-corrected chi connectivity index (χ1v) is 14.3. The third kappa shape index (κ3) is 5.83. The van der Waals surface area contributed by atoms with Crippen molar-refractivity contribution in [3.8, 4) is 0 Å². The lowest BCUT2D eigenvalue weighted by Crippen LogP contribution is -2.56. The Balaban J connectivity index is 1.54. The average Bonchev–Trinajstić information content (AvgIpc) is 3.02. The summed E-state index contributed by atoms with van der Waals surface area (Å²) in [4.78, 5) is 48.7. The number of anilines is 1. The molecule has 2 aliphatic rings. The Morgan fingerprint density at radius 2 is 2.00 bits per heavy atom. The van der Waals surface area contributed by atoms with E-state index in [0.29, 0.717) is 42.2 Å². The Morgan fingerprint density at radius 1 is 1.21 bits per heavy atom. The number of carboxylic acid groups (broad SMARTS) is 1. The first-order valence-electron chi connectivity index (χ1n) is 13.9. The van der Waals surface area contributed by atoms with Crippen LogP contribution in [0.5, 0.6) is 0 Å². The van der Waals surface area contributed by atoms with Crippen LogP contribution >= 0.6 is 11.6 Å². The van der Waals surface area contributed by atoms with Crippen LogP contribution in [0.15, 0.2) is 48.7 Å². The van der Waals surface area contributed by atoms with Crippen molar-refractivity contribution in [1.29, 1.82) is 0 Å². The molecule has 5 rings (SSSR count). The molecule has 11 nitrogen and oxygen atoms in total. The average molecular weight is 612 g/mol. The highest BCUT2D eigenvalue weighted by atomic mass is 35.5. The number of carbonyl (C=O) groups is 2. The Hall–Kier alpha value is -4.32. The fourth-order valence-corrected chi connectivity index (χ4v) is 6.60. The van der Waals surface area contributed by atoms with Gasteiger partial charge in [0, 0.05) is 48.9 Å². The van der Waals surface area contributed by atoms with E-state index in [1.54, 1.807) is 11.0 Å². The molecule has 226 valence electrons. The summed E-state index contributed by atoms with van der Waals surface area (Å²) in [6.45, 7) is -0.300. The van der Waals surface area contributed by atoms with Gasteiger partial charge in [-0.3, -0.25) is 19.8 Å². The molecule has 2 atom stereocenters. The number of hydrogen-bond donors (Lipinski definition) is 1. The number of rotatable bonds is 8. The van der Waals surface area contributed by atoms with Crippen molar-refractivity contribution in [2.45, 2.75) is 43.6 Å². The van der Waals surface area contributed by atoms with Crippen molar-refractivity contribution < 1.29 is 28.7 Å². The first kappa shape index (κ1) is 30.1. The summed E-state index contributed by atoms with van der Waals surface area (Å²) in [7, 11) is 1.32. The van der Waals surface area contributed by atoms with Crippen LogP contribution in [-0.2, 0) is 34.2 Å². The molecule has 2 aromatic carbocycles. The van der Waals surface area contributed by atoms with E-state index in [1.807, 2.05) is 24.3 Å². The molecule has 1 aliphatic carbocycles. The minimum atomic E-state index is -1.18. The van der Waals surface area contributed by atoms with Gasteiger partial charge in [0.15, 0.2) is 0 Å². The monoisotopic (exact) mass is 611 g/mol. The summed E-state index contributed by atoms with van der Waals surface area (Å²) in [5.41, 5.74) is 1.20. The molecular formula is C30H31ClFN5O6. The van der Waals surface area contributed by atoms with E-state index in [1.165, 1.54) is 25.4 Å². The van der Waals surface area contributed by atoms with E-state index in [-0.39, 0.29) is 36.6 Å². The number of esters is 1. The molecule has 1 unspecified atom stereocenters. The van der Waals surface area contributed by atoms with Crippen LogP contribution in [0, 0.1) is 10.1 Å². The highest BCUT2D eigenvalue weighted by Crippen LogP contribution is 2.44. The zero-order valence-corrected chi connectivity index (χ0v) is 24.3. The lowest BCUT2D eigenvalue weighted by molar-refractivity contribution is -0.385. The van der Waals surface area contributed by atoms with Gasteiger partial charge in [-0.2, -0.15) is 0 Å². The highest BCUT2D eigenvalue weighted by molar-refractivity contribution is 6.31. The predicted molar refractivity (Wildman–Crippen MR) is 156 cm³/mol. The molecule has 13 heteroatoms. The molecule has 1 amide bonds. The number of halogens is 2. The van der Waals surface area contributed by atoms with Crippen LogP contribution in [0.1, 0.15) is 40.9 Å². The van der Waals surface area contributed by atoms with Gasteiger partial charge in [-0.25, -0.2) is 19.2 Å². The summed E-state index contributed by atoms with van der Waals surface area (Å²) < 4.78 is 19.0. The molecular weight excluding hydrogens is 581 g/mol. The van der Waals surface area contributed by atoms with Gasteiger partial charge < -0.3 is 14.7 Å². The Labute approximate surface area is 252 Å². The SMILES string of the molecule is COC(=O)C1(Cc2c([N+](=O)[O-])ccc(Cl)c2Cc2nccc(N3CCN(C(=O)O)[C@@H](CF)C3)n2)CCCc2ccccc21. The second-order valence-electron chi connectivity index (χ2n) is 10.8. The van der Waals surface area contributed by atoms with Crippen LogP contribution < -0.4 is 4.90 Å². The maximum absolute atomic E-state index is 13.7. The number of nitro groups is 1. The highest BCUT2D eigenvalue weighted by Gasteiger charge is 2.46. The maximum atomic E-state index is 13.7. The number of nitrogens with zero attached hydrogens (tertiary/aromatic N) is 5. The molecule has 0 bridgehead atoms. The number of carbonyl (C=O) groups excluding carboxylic acids is 1. The zero-order valence-electron chi connectivity index (χ0n) is 23.5. The number of fused-ring (bicyclic) bond motifs is 1. The molecule has 1 fully saturated rings. The van der Waals surface area contributed by atoms with Crippen molar-refractivity contribution in [2.24, 2.45) is 0 Å². The number of nitro benzene ring substituents is 1. The Bertz CT molecular complexity index is 1560. The number of aromatic nitrogens is 2. The number of alkyl halides is 1. The Kier molecular flexibility index (Phi) is 8.77. The number of piperazine rings is 1. The molecule has 3 aromatic rings. The summed E-state index contributed by atoms with van der Waals surface area (Å²) in [5, 5.41) is 21.9. The standard InChI is InChI=1S/C30H31ClFN5O6/c1-43-28(38)30(11-4-6-19-5-2-3-7-23(19)30)16-22-21(24(31)8-9-25(22)37(41)42)15-26-33-12-10-27(34-26)35-13-14-36(29(39)40)20(17-32)18-35/h2-3,5,7-10,12,20H,4,6,11,13-18H2,1H3,(H,39,40)/t20-,30?/m0/s1. The first-order chi connectivity index (χ1) is 20.7. The van der Waals surface area contributed by atoms with Gasteiger partial charge in [-0.1, -0.05) is 35.9 Å². The number of hydrogen-bond acceptors (Lipinski definition) is 8. The second kappa shape index (κ2) is 12.5. The van der Waals surface area contributed by atoms with Crippen LogP contribution in [0.4, 0.5) is 20.7 Å². The molecule has 0 saturated carbocycles. The molecule has 0 radical (unpaired) electrons. The topological polar surface area (TPSA) is 139 Å². The molecule has 1 aliphatic heterocycles. The quantitative estimate of drug-likeness (QED) is 0.217. The number of benzene rings is 2. The molecule has 0 spiro atoms. The smallest absolute Gasteiger partial charge is 0.407 e. The van der Waals surface area contributed by atoms with Gasteiger partial charge in [-0.15, -0.1) is 0 Å². The van der Waals surface area contributed by atoms with E-state index >= 15 is 0 Å². The van der Waals surface area contributed by atoms with Gasteiger partial charge in [0.25, 0.3) is 5.69 Å². The van der Waals surface area contributed by atoms with Crippen LogP contribution in [0.3, 0.4) is 0 Å². The van der Waals surface area contributed by atoms with Crippen LogP contribution in [-0.4, -0.2) is 76.4 Å². The van der Waals surface area contributed by atoms with Gasteiger partial charge in [0.1, 0.15) is 18.3 Å². The van der Waals surface area contributed by atoms with Crippen molar-refractivity contribution in [1.82, 2.24) is 14.9 Å². The van der Waals surface area contributed by atoms with Crippen LogP contribution in [0.25, 0.3) is 0 Å². The fourth-order valence-electron chi connectivity index (χ4n) is 6.35. The molecule has 1 saturated heterocycles. The van der Waals surface area contributed by atoms with Crippen molar-refractivity contribution in [3.63, 3.8) is 0 Å². The van der Waals surface area contributed by atoms with E-state index in [4.69, 9.17) is 16.3 Å². The predicted octanol–water partition coefficient (Wildman–Crippen LogP) is 4.76. The number of aryl methyl sites for hydroxylation is 1. The number of amides is 1. The van der Waals surface area contributed by atoms with Crippen molar-refractivity contribution >= 4 is 35.2 Å². The van der Waals surface area contributed by atoms with E-state index in [0.717, 1.165) is 22.4 Å². The largest absolute Gasteiger partial charge is 0.468 e. The molecule has 43 heavy (non-hydrogen) atoms. The molecule has 2 heterocycles. The number of ether oxygens (including phenoxy) is 1. The minimum absolute atomic E-state index is 0.00207. The van der Waals surface area contributed by atoms with Gasteiger partial charge in [0.05, 0.1) is 23.5 Å². The lowest BCUT2D eigenvalue weighted by Gasteiger charge is -2.39. The minimum Gasteiger partial charge on any atom is -0.468 e. The van der Waals surface area contributed by atoms with E-state index in [9.17, 15) is 29.2 Å². The molecule has 1 aromatic heterocycles. The van der Waals surface area contributed by atoms with Gasteiger partial charge in [0.2, 0.25) is 0 Å². The van der Waals surface area contributed by atoms with E-state index in [2.05, 4.69) is 9.97 Å². The maximum Gasteiger partial charge on any atom is 0.407 e. The normalized spacial score (nSPS) is 19.9. The zero-order chi connectivity index (χ0) is 30.7. The molecule has 1 N–H and O–H groups in total. The fraction of sp³-hybridized carbons (Fsp3) is 0.400. The Morgan fingerprint density at radius 3 is 2.72 bits per heavy atom. The third-order valence-electron chi connectivity index (χ3n) is 8.44. The van der Waals surface area contributed by atoms with Gasteiger partial charge in [-0.05, 0) is 54.5 Å². The summed E-state index contributed by atoms with van der Waals surface area (Å²) in [6, 6.07) is 11.2. The third-order valence-corrected chi connectivity index (χ3v) is 8.79. The summed E-state index contributed by atoms with van der Waals surface area (Å²) in [6.07, 6.45) is 2.32. The van der Waals surface area contributed by atoms with Crippen molar-refractivity contribution in [3.05, 3.63) is 91.9 Å². The summed E-state index contributed by atoms with van der Waals surface area (Å²) >= 11 is 6.70. The second-order valence-corrected chi connectivity index (χ2v) is 11.2. The van der Waals surface area contributed by atoms with Crippen LogP contribution in [0.2, 0.25) is 5.02 Å². The number of methoxy groups -OCH3 is 1. The van der Waals surface area contributed by atoms with Crippen molar-refractivity contribution in [2.75, 3.05) is 38.3 Å². The summed E-state index contributed by atoms with van der Waals surface area (Å²) in [5.74, 6) is 0.319. The van der Waals surface area contributed by atoms with Gasteiger partial charge >= 0.3 is 12.1 Å². The lowest BCUT2D eigenvalue weighted by atomic mass is 9.66.